The van der Waals surface area contributed by atoms with Crippen LogP contribution in [-0.4, -0.2) is 10.8 Å². The van der Waals surface area contributed by atoms with Crippen molar-refractivity contribution in [2.45, 2.75) is 6.04 Å². The maximum absolute atomic E-state index is 9.30. The number of hydrogen-bond acceptors (Lipinski definition) is 4. The van der Waals surface area contributed by atoms with Gasteiger partial charge in [-0.15, -0.1) is 11.3 Å². The predicted molar refractivity (Wildman–Crippen MR) is 185 cm³/mol. The Bertz CT molecular complexity index is 2420. The second kappa shape index (κ2) is 10.5. The molecule has 2 heterocycles. The molecule has 2 N–H and O–H groups in total. The van der Waals surface area contributed by atoms with Crippen molar-refractivity contribution in [2.75, 3.05) is 5.73 Å². The zero-order valence-electron chi connectivity index (χ0n) is 23.7. The lowest BCUT2D eigenvalue weighted by Gasteiger charge is -2.16. The summed E-state index contributed by atoms with van der Waals surface area (Å²) in [5.41, 5.74) is 14.0. The van der Waals surface area contributed by atoms with E-state index in [-0.39, 0.29) is 6.04 Å². The van der Waals surface area contributed by atoms with E-state index in [0.29, 0.717) is 11.3 Å². The van der Waals surface area contributed by atoms with Crippen LogP contribution in [0.4, 0.5) is 5.69 Å². The highest BCUT2D eigenvalue weighted by Gasteiger charge is 2.17. The van der Waals surface area contributed by atoms with Gasteiger partial charge in [0.1, 0.15) is 6.04 Å². The van der Waals surface area contributed by atoms with Crippen LogP contribution in [0.2, 0.25) is 0 Å². The highest BCUT2D eigenvalue weighted by Crippen LogP contribution is 2.40. The number of nitriles is 1. The molecule has 8 rings (SSSR count). The van der Waals surface area contributed by atoms with Gasteiger partial charge in [0.05, 0.1) is 22.7 Å². The molecule has 0 spiro atoms. The molecule has 0 bridgehead atoms. The summed E-state index contributed by atoms with van der Waals surface area (Å²) in [6.45, 7) is 0. The lowest BCUT2D eigenvalue weighted by molar-refractivity contribution is 0.881. The van der Waals surface area contributed by atoms with Crippen molar-refractivity contribution in [3.8, 4) is 11.8 Å². The number of anilines is 1. The molecule has 0 saturated carbocycles. The minimum Gasteiger partial charge on any atom is -0.398 e. The second-order valence-electron chi connectivity index (χ2n) is 11.0. The Morgan fingerprint density at radius 2 is 1.45 bits per heavy atom. The van der Waals surface area contributed by atoms with Crippen molar-refractivity contribution >= 4 is 65.2 Å². The molecular weight excluding hydrogens is 557 g/mol. The third kappa shape index (κ3) is 4.32. The van der Waals surface area contributed by atoms with Crippen molar-refractivity contribution in [2.24, 2.45) is 4.99 Å². The predicted octanol–water partition coefficient (Wildman–Crippen LogP) is 9.81. The van der Waals surface area contributed by atoms with Crippen molar-refractivity contribution in [1.29, 1.82) is 5.26 Å². The van der Waals surface area contributed by atoms with Crippen LogP contribution in [0.1, 0.15) is 28.3 Å². The molecule has 0 saturated heterocycles. The Morgan fingerprint density at radius 3 is 2.30 bits per heavy atom. The van der Waals surface area contributed by atoms with Gasteiger partial charge < -0.3 is 10.3 Å². The molecule has 2 aromatic heterocycles. The average Bonchev–Trinajstić information content (AvgIpc) is 3.60. The number of para-hydroxylation sites is 2. The average molecular weight is 583 g/mol. The first-order valence-corrected chi connectivity index (χ1v) is 15.3. The Labute approximate surface area is 258 Å². The lowest BCUT2D eigenvalue weighted by atomic mass is 9.97. The lowest BCUT2D eigenvalue weighted by Crippen LogP contribution is -2.03. The Kier molecular flexibility index (Phi) is 6.22. The molecule has 44 heavy (non-hydrogen) atoms. The normalized spacial score (nSPS) is 12.4. The summed E-state index contributed by atoms with van der Waals surface area (Å²) < 4.78 is 4.97. The SMILES string of the molecule is N#Cc1ccc(C(N=Cc2cccc(-n3c4ccccc4c4cc5sc6ccccc6c5cc43)c2)c2ccccc2N)cc1. The van der Waals surface area contributed by atoms with Gasteiger partial charge in [-0.05, 0) is 65.7 Å². The minimum absolute atomic E-state index is 0.305. The maximum Gasteiger partial charge on any atom is 0.102 e. The van der Waals surface area contributed by atoms with Gasteiger partial charge in [-0.1, -0.05) is 78.9 Å². The number of benzene rings is 6. The topological polar surface area (TPSA) is 67.1 Å². The van der Waals surface area contributed by atoms with Crippen LogP contribution in [0.3, 0.4) is 0 Å². The van der Waals surface area contributed by atoms with Crippen LogP contribution in [-0.2, 0) is 0 Å². The standard InChI is InChI=1S/C39H26N4S/c40-23-25-16-18-27(19-17-25)39(31-12-1-4-13-34(31)41)42-24-26-8-7-9-28(20-26)43-35-14-5-2-10-29(35)32-22-38-33(21-36(32)43)30-11-3-6-15-37(30)44-38/h1-22,24,39H,41H2. The van der Waals surface area contributed by atoms with E-state index < -0.39 is 0 Å². The van der Waals surface area contributed by atoms with Crippen LogP contribution >= 0.6 is 11.3 Å². The minimum atomic E-state index is -0.305. The van der Waals surface area contributed by atoms with Crippen molar-refractivity contribution < 1.29 is 0 Å². The van der Waals surface area contributed by atoms with Crippen molar-refractivity contribution in [3.05, 3.63) is 156 Å². The summed E-state index contributed by atoms with van der Waals surface area (Å²) in [6, 6.07) is 47.8. The number of nitrogens with two attached hydrogens (primary N) is 1. The first-order valence-electron chi connectivity index (χ1n) is 14.5. The fourth-order valence-corrected chi connectivity index (χ4v) is 7.34. The number of rotatable bonds is 5. The number of nitrogen functional groups attached to an aromatic ring is 1. The van der Waals surface area contributed by atoms with Crippen LogP contribution < -0.4 is 5.73 Å². The van der Waals surface area contributed by atoms with E-state index in [0.717, 1.165) is 22.4 Å². The highest BCUT2D eigenvalue weighted by molar-refractivity contribution is 7.25. The summed E-state index contributed by atoms with van der Waals surface area (Å²) in [4.78, 5) is 5.07. The summed E-state index contributed by atoms with van der Waals surface area (Å²) in [5, 5.41) is 14.4. The first-order chi connectivity index (χ1) is 21.7. The summed E-state index contributed by atoms with van der Waals surface area (Å²) in [6.07, 6.45) is 1.93. The molecule has 0 aliphatic heterocycles. The van der Waals surface area contributed by atoms with Crippen LogP contribution in [0.15, 0.2) is 138 Å². The van der Waals surface area contributed by atoms with Crippen molar-refractivity contribution in [3.63, 3.8) is 0 Å². The van der Waals surface area contributed by atoms with Gasteiger partial charge in [0.2, 0.25) is 0 Å². The molecule has 1 unspecified atom stereocenters. The number of fused-ring (bicyclic) bond motifs is 6. The number of aromatic nitrogens is 1. The summed E-state index contributed by atoms with van der Waals surface area (Å²) in [7, 11) is 0. The molecule has 8 aromatic rings. The third-order valence-electron chi connectivity index (χ3n) is 8.32. The van der Waals surface area contributed by atoms with E-state index >= 15 is 0 Å². The smallest absolute Gasteiger partial charge is 0.102 e. The van der Waals surface area contributed by atoms with Gasteiger partial charge in [-0.25, -0.2) is 0 Å². The van der Waals surface area contributed by atoms with Gasteiger partial charge in [-0.2, -0.15) is 5.26 Å². The van der Waals surface area contributed by atoms with E-state index in [1.165, 1.54) is 42.0 Å². The van der Waals surface area contributed by atoms with Gasteiger partial charge >= 0.3 is 0 Å². The largest absolute Gasteiger partial charge is 0.398 e. The molecule has 0 aliphatic carbocycles. The van der Waals surface area contributed by atoms with Crippen LogP contribution in [0.25, 0.3) is 47.7 Å². The van der Waals surface area contributed by atoms with E-state index in [2.05, 4.69) is 95.6 Å². The van der Waals surface area contributed by atoms with Gasteiger partial charge in [0.25, 0.3) is 0 Å². The molecule has 5 heteroatoms. The quantitative estimate of drug-likeness (QED) is 0.162. The number of nitrogens with zero attached hydrogens (tertiary/aromatic N) is 3. The summed E-state index contributed by atoms with van der Waals surface area (Å²) in [5.74, 6) is 0. The zero-order valence-corrected chi connectivity index (χ0v) is 24.5. The monoisotopic (exact) mass is 582 g/mol. The van der Waals surface area contributed by atoms with Gasteiger partial charge in [0.15, 0.2) is 0 Å². The Morgan fingerprint density at radius 1 is 0.682 bits per heavy atom. The number of hydrogen-bond donors (Lipinski definition) is 1. The molecule has 1 atom stereocenters. The van der Waals surface area contributed by atoms with Crippen molar-refractivity contribution in [1.82, 2.24) is 4.57 Å². The Hall–Kier alpha value is -5.70. The second-order valence-corrected chi connectivity index (χ2v) is 12.0. The molecule has 0 fully saturated rings. The van der Waals surface area contributed by atoms with E-state index in [1.54, 1.807) is 0 Å². The van der Waals surface area contributed by atoms with Crippen LogP contribution in [0.5, 0.6) is 0 Å². The molecule has 0 amide bonds. The molecule has 0 aliphatic rings. The fraction of sp³-hybridized carbons (Fsp3) is 0.0256. The molecular formula is C39H26N4S. The van der Waals surface area contributed by atoms with Gasteiger partial charge in [0, 0.05) is 54.1 Å². The molecule has 4 nitrogen and oxygen atoms in total. The Balaban J connectivity index is 1.27. The number of thiophene rings is 1. The third-order valence-corrected chi connectivity index (χ3v) is 9.45. The highest BCUT2D eigenvalue weighted by atomic mass is 32.1. The summed E-state index contributed by atoms with van der Waals surface area (Å²) >= 11 is 1.85. The molecule has 0 radical (unpaired) electrons. The molecule has 208 valence electrons. The van der Waals surface area contributed by atoms with Gasteiger partial charge in [-0.3, -0.25) is 4.99 Å². The molecule has 6 aromatic carbocycles. The fourth-order valence-electron chi connectivity index (χ4n) is 6.22. The van der Waals surface area contributed by atoms with E-state index in [9.17, 15) is 5.26 Å². The zero-order chi connectivity index (χ0) is 29.6. The van der Waals surface area contributed by atoms with E-state index in [1.807, 2.05) is 66.1 Å². The maximum atomic E-state index is 9.30. The first kappa shape index (κ1) is 26.0. The van der Waals surface area contributed by atoms with E-state index in [4.69, 9.17) is 10.7 Å². The van der Waals surface area contributed by atoms with Crippen LogP contribution in [0, 0.1) is 11.3 Å². The number of aliphatic imine (C=N–C) groups is 1.